The molecule has 0 saturated heterocycles. The number of anilines is 1. The molecular weight excluding hydrogens is 331 g/mol. The number of benzene rings is 2. The number of ether oxygens (including phenoxy) is 1. The van der Waals surface area contributed by atoms with Crippen LogP contribution >= 0.6 is 0 Å². The molecule has 2 rings (SSSR count). The third kappa shape index (κ3) is 4.32. The van der Waals surface area contributed by atoms with E-state index in [1.54, 1.807) is 6.92 Å². The molecule has 2 aromatic carbocycles. The molecule has 0 unspecified atom stereocenters. The molecule has 0 amide bonds. The van der Waals surface area contributed by atoms with Crippen LogP contribution < -0.4 is 5.32 Å². The van der Waals surface area contributed by atoms with Crippen molar-refractivity contribution in [2.24, 2.45) is 0 Å². The van der Waals surface area contributed by atoms with Crippen LogP contribution in [-0.4, -0.2) is 12.5 Å². The van der Waals surface area contributed by atoms with Gasteiger partial charge >= 0.3 is 12.1 Å². The minimum Gasteiger partial charge on any atom is -0.461 e. The highest BCUT2D eigenvalue weighted by Crippen LogP contribution is 2.42. The Bertz CT molecular complexity index is 755. The standard InChI is InChI=1S/C19H20F3NO2/c1-4-23-18-15(14-8-6-5-7-9-14)10-12(2)17(19(20,21)22)16(18)11-25-13(3)24/h5-10,23H,4,11H2,1-3H3. The molecule has 0 aliphatic carbocycles. The lowest BCUT2D eigenvalue weighted by molar-refractivity contribution is -0.145. The van der Waals surface area contributed by atoms with Crippen LogP contribution in [0.2, 0.25) is 0 Å². The predicted molar refractivity (Wildman–Crippen MR) is 91.3 cm³/mol. The summed E-state index contributed by atoms with van der Waals surface area (Å²) < 4.78 is 45.8. The molecule has 0 spiro atoms. The second-order valence-electron chi connectivity index (χ2n) is 5.64. The number of nitrogens with one attached hydrogen (secondary N) is 1. The second-order valence-corrected chi connectivity index (χ2v) is 5.64. The molecule has 0 radical (unpaired) electrons. The molecule has 0 atom stereocenters. The summed E-state index contributed by atoms with van der Waals surface area (Å²) in [7, 11) is 0. The third-order valence-electron chi connectivity index (χ3n) is 3.77. The highest BCUT2D eigenvalue weighted by Gasteiger charge is 2.37. The number of halogens is 3. The first-order chi connectivity index (χ1) is 11.8. The summed E-state index contributed by atoms with van der Waals surface area (Å²) in [6, 6.07) is 10.7. The van der Waals surface area contributed by atoms with Gasteiger partial charge in [-0.15, -0.1) is 0 Å². The van der Waals surface area contributed by atoms with Crippen molar-refractivity contribution in [3.05, 3.63) is 53.1 Å². The Labute approximate surface area is 144 Å². The van der Waals surface area contributed by atoms with Crippen LogP contribution in [0.1, 0.15) is 30.5 Å². The zero-order valence-corrected chi connectivity index (χ0v) is 14.3. The zero-order valence-electron chi connectivity index (χ0n) is 14.3. The Morgan fingerprint density at radius 1 is 1.20 bits per heavy atom. The molecule has 3 nitrogen and oxygen atoms in total. The van der Waals surface area contributed by atoms with Gasteiger partial charge in [0.15, 0.2) is 0 Å². The van der Waals surface area contributed by atoms with Crippen molar-refractivity contribution in [3.8, 4) is 11.1 Å². The first-order valence-corrected chi connectivity index (χ1v) is 7.92. The van der Waals surface area contributed by atoms with Crippen LogP contribution in [0.3, 0.4) is 0 Å². The van der Waals surface area contributed by atoms with E-state index < -0.39 is 24.3 Å². The van der Waals surface area contributed by atoms with E-state index in [0.717, 1.165) is 5.56 Å². The van der Waals surface area contributed by atoms with Crippen LogP contribution in [0.4, 0.5) is 18.9 Å². The van der Waals surface area contributed by atoms with Gasteiger partial charge in [0.25, 0.3) is 0 Å². The van der Waals surface area contributed by atoms with Crippen LogP contribution in [0, 0.1) is 6.92 Å². The Hall–Kier alpha value is -2.50. The van der Waals surface area contributed by atoms with Gasteiger partial charge in [0.1, 0.15) is 6.61 Å². The van der Waals surface area contributed by atoms with Gasteiger partial charge in [0, 0.05) is 30.3 Å². The fourth-order valence-electron chi connectivity index (χ4n) is 2.82. The number of rotatable bonds is 5. The number of aryl methyl sites for hydroxylation is 1. The quantitative estimate of drug-likeness (QED) is 0.755. The van der Waals surface area contributed by atoms with Gasteiger partial charge in [-0.1, -0.05) is 30.3 Å². The smallest absolute Gasteiger partial charge is 0.417 e. The van der Waals surface area contributed by atoms with E-state index in [0.29, 0.717) is 17.8 Å². The van der Waals surface area contributed by atoms with E-state index >= 15 is 0 Å². The van der Waals surface area contributed by atoms with Crippen molar-refractivity contribution in [3.63, 3.8) is 0 Å². The van der Waals surface area contributed by atoms with E-state index in [-0.39, 0.29) is 11.1 Å². The molecule has 0 aromatic heterocycles. The molecule has 0 heterocycles. The monoisotopic (exact) mass is 351 g/mol. The van der Waals surface area contributed by atoms with Crippen molar-refractivity contribution < 1.29 is 22.7 Å². The van der Waals surface area contributed by atoms with Crippen LogP contribution in [0.5, 0.6) is 0 Å². The fraction of sp³-hybridized carbons (Fsp3) is 0.316. The maximum Gasteiger partial charge on any atom is 0.417 e. The van der Waals surface area contributed by atoms with Gasteiger partial charge < -0.3 is 10.1 Å². The first-order valence-electron chi connectivity index (χ1n) is 7.92. The maximum absolute atomic E-state index is 13.6. The minimum atomic E-state index is -4.54. The topological polar surface area (TPSA) is 38.3 Å². The molecule has 134 valence electrons. The normalized spacial score (nSPS) is 11.3. The number of hydrogen-bond acceptors (Lipinski definition) is 3. The van der Waals surface area contributed by atoms with E-state index in [4.69, 9.17) is 4.74 Å². The molecule has 25 heavy (non-hydrogen) atoms. The largest absolute Gasteiger partial charge is 0.461 e. The van der Waals surface area contributed by atoms with Gasteiger partial charge in [-0.05, 0) is 31.0 Å². The summed E-state index contributed by atoms with van der Waals surface area (Å²) in [6.45, 7) is 4.40. The van der Waals surface area contributed by atoms with Gasteiger partial charge in [0.05, 0.1) is 5.56 Å². The molecule has 0 fully saturated rings. The molecule has 1 N–H and O–H groups in total. The van der Waals surface area contributed by atoms with Crippen LogP contribution in [0.25, 0.3) is 11.1 Å². The second kappa shape index (κ2) is 7.59. The van der Waals surface area contributed by atoms with E-state index in [1.165, 1.54) is 19.9 Å². The molecule has 0 saturated carbocycles. The van der Waals surface area contributed by atoms with Gasteiger partial charge in [0.2, 0.25) is 0 Å². The van der Waals surface area contributed by atoms with Gasteiger partial charge in [-0.25, -0.2) is 0 Å². The van der Waals surface area contributed by atoms with Gasteiger partial charge in [-0.3, -0.25) is 4.79 Å². The maximum atomic E-state index is 13.6. The number of carbonyl (C=O) groups excluding carboxylic acids is 1. The number of carbonyl (C=O) groups is 1. The van der Waals surface area contributed by atoms with Crippen molar-refractivity contribution >= 4 is 11.7 Å². The van der Waals surface area contributed by atoms with Gasteiger partial charge in [-0.2, -0.15) is 13.2 Å². The van der Waals surface area contributed by atoms with Crippen molar-refractivity contribution in [2.75, 3.05) is 11.9 Å². The molecule has 0 bridgehead atoms. The van der Waals surface area contributed by atoms with E-state index in [2.05, 4.69) is 5.32 Å². The molecule has 0 aliphatic rings. The lowest BCUT2D eigenvalue weighted by atomic mass is 9.92. The van der Waals surface area contributed by atoms with Crippen molar-refractivity contribution in [1.82, 2.24) is 0 Å². The zero-order chi connectivity index (χ0) is 18.6. The minimum absolute atomic E-state index is 0.0524. The first kappa shape index (κ1) is 18.8. The lowest BCUT2D eigenvalue weighted by Gasteiger charge is -2.23. The van der Waals surface area contributed by atoms with Crippen LogP contribution in [-0.2, 0) is 22.3 Å². The highest BCUT2D eigenvalue weighted by molar-refractivity contribution is 5.82. The average Bonchev–Trinajstić information content (AvgIpc) is 2.54. The summed E-state index contributed by atoms with van der Waals surface area (Å²) in [5.41, 5.74) is 1.06. The highest BCUT2D eigenvalue weighted by atomic mass is 19.4. The summed E-state index contributed by atoms with van der Waals surface area (Å²) >= 11 is 0. The lowest BCUT2D eigenvalue weighted by Crippen LogP contribution is -2.17. The summed E-state index contributed by atoms with van der Waals surface area (Å²) in [4.78, 5) is 11.2. The summed E-state index contributed by atoms with van der Waals surface area (Å²) in [6.07, 6.45) is -4.54. The van der Waals surface area contributed by atoms with Crippen molar-refractivity contribution in [2.45, 2.75) is 33.6 Å². The Balaban J connectivity index is 2.76. The molecule has 0 aliphatic heterocycles. The number of esters is 1. The molecule has 2 aromatic rings. The Morgan fingerprint density at radius 2 is 1.84 bits per heavy atom. The number of hydrogen-bond donors (Lipinski definition) is 1. The Kier molecular flexibility index (Phi) is 5.72. The fourth-order valence-corrected chi connectivity index (χ4v) is 2.82. The summed E-state index contributed by atoms with van der Waals surface area (Å²) in [5.74, 6) is -0.627. The van der Waals surface area contributed by atoms with Crippen LogP contribution in [0.15, 0.2) is 36.4 Å². The average molecular weight is 351 g/mol. The van der Waals surface area contributed by atoms with Crippen molar-refractivity contribution in [1.29, 1.82) is 0 Å². The van der Waals surface area contributed by atoms with E-state index in [9.17, 15) is 18.0 Å². The molecular formula is C19H20F3NO2. The predicted octanol–water partition coefficient (Wildman–Crippen LogP) is 5.18. The number of alkyl halides is 3. The van der Waals surface area contributed by atoms with E-state index in [1.807, 2.05) is 30.3 Å². The third-order valence-corrected chi connectivity index (χ3v) is 3.77. The summed E-state index contributed by atoms with van der Waals surface area (Å²) in [5, 5.41) is 3.02. The molecule has 6 heteroatoms. The SMILES string of the molecule is CCNc1c(-c2ccccc2)cc(C)c(C(F)(F)F)c1COC(C)=O. The Morgan fingerprint density at radius 3 is 2.36 bits per heavy atom.